The van der Waals surface area contributed by atoms with Gasteiger partial charge in [-0.1, -0.05) is 6.92 Å². The molecule has 0 rings (SSSR count). The van der Waals surface area contributed by atoms with E-state index >= 15 is 0 Å². The number of hydrogen-bond acceptors (Lipinski definition) is 10. The Hall–Kier alpha value is -0.520. The van der Waals surface area contributed by atoms with Gasteiger partial charge in [0, 0.05) is 6.42 Å². The number of ether oxygens (including phenoxy) is 2. The summed E-state index contributed by atoms with van der Waals surface area (Å²) in [5.41, 5.74) is 19.6. The van der Waals surface area contributed by atoms with Crippen LogP contribution in [0.25, 0.3) is 0 Å². The fourth-order valence-corrected chi connectivity index (χ4v) is 2.48. The lowest BCUT2D eigenvalue weighted by atomic mass is 10.1. The summed E-state index contributed by atoms with van der Waals surface area (Å²) in [6, 6.07) is 0. The lowest BCUT2D eigenvalue weighted by molar-refractivity contribution is -0.196. The molecule has 136 valence electrons. The van der Waals surface area contributed by atoms with Crippen molar-refractivity contribution >= 4 is 35.5 Å². The number of rotatable bonds is 11. The van der Waals surface area contributed by atoms with Crippen LogP contribution < -0.4 is 22.9 Å². The molecule has 0 aromatic rings. The second-order valence-electron chi connectivity index (χ2n) is 5.21. The van der Waals surface area contributed by atoms with Gasteiger partial charge in [-0.25, -0.2) is 9.59 Å². The molecule has 0 aliphatic carbocycles. The van der Waals surface area contributed by atoms with E-state index in [0.29, 0.717) is 11.5 Å². The first kappa shape index (κ1) is 22.5. The molecule has 23 heavy (non-hydrogen) atoms. The van der Waals surface area contributed by atoms with Crippen LogP contribution in [-0.2, 0) is 19.1 Å². The topological polar surface area (TPSA) is 157 Å². The second-order valence-corrected chi connectivity index (χ2v) is 7.19. The fourth-order valence-electron chi connectivity index (χ4n) is 1.39. The van der Waals surface area contributed by atoms with E-state index in [4.69, 9.17) is 32.4 Å². The Bertz CT molecular complexity index is 360. The first-order valence-corrected chi connectivity index (χ1v) is 9.95. The van der Waals surface area contributed by atoms with Gasteiger partial charge in [-0.2, -0.15) is 23.5 Å². The summed E-state index contributed by atoms with van der Waals surface area (Å²) in [5, 5.41) is 0. The van der Waals surface area contributed by atoms with E-state index in [1.54, 1.807) is 6.92 Å². The summed E-state index contributed by atoms with van der Waals surface area (Å²) >= 11 is 3.01. The van der Waals surface area contributed by atoms with Crippen LogP contribution in [0.4, 0.5) is 0 Å². The molecule has 0 aromatic carbocycles. The zero-order valence-corrected chi connectivity index (χ0v) is 15.5. The lowest BCUT2D eigenvalue weighted by Gasteiger charge is -2.28. The van der Waals surface area contributed by atoms with Crippen LogP contribution in [0.1, 0.15) is 26.2 Å². The lowest BCUT2D eigenvalue weighted by Crippen LogP contribution is -2.60. The molecule has 0 heterocycles. The van der Waals surface area contributed by atoms with Gasteiger partial charge in [-0.15, -0.1) is 0 Å². The molecule has 10 heteroatoms. The molecule has 8 N–H and O–H groups in total. The van der Waals surface area contributed by atoms with Crippen molar-refractivity contribution in [3.63, 3.8) is 0 Å². The third-order valence-electron chi connectivity index (χ3n) is 3.01. The number of nitrogens with two attached hydrogens (primary N) is 4. The molecular formula is C13H28N4O4S2. The number of carbonyl (C=O) groups excluding carboxylic acids is 2. The van der Waals surface area contributed by atoms with Crippen LogP contribution in [0.2, 0.25) is 0 Å². The van der Waals surface area contributed by atoms with Crippen LogP contribution in [0, 0.1) is 0 Å². The van der Waals surface area contributed by atoms with Crippen molar-refractivity contribution in [1.82, 2.24) is 0 Å². The standard InChI is InChI=1S/C13H28N4O4S2/c1-4-9(20-10(18)12(14,15)5-7-22-2)21-11(19)13(16,17)6-8-23-3/h9H,4-8,14-17H2,1-3H3. The summed E-state index contributed by atoms with van der Waals surface area (Å²) in [5.74, 6) is -0.477. The predicted octanol–water partition coefficient (Wildman–Crippen LogP) is -0.457. The molecule has 8 nitrogen and oxygen atoms in total. The van der Waals surface area contributed by atoms with E-state index in [-0.39, 0.29) is 19.3 Å². The molecule has 0 radical (unpaired) electrons. The third kappa shape index (κ3) is 8.23. The Labute approximate surface area is 145 Å². The van der Waals surface area contributed by atoms with Gasteiger partial charge in [0.25, 0.3) is 0 Å². The molecular weight excluding hydrogens is 340 g/mol. The predicted molar refractivity (Wildman–Crippen MR) is 94.5 cm³/mol. The van der Waals surface area contributed by atoms with Crippen molar-refractivity contribution in [1.29, 1.82) is 0 Å². The number of esters is 2. The smallest absolute Gasteiger partial charge is 0.344 e. The Balaban J connectivity index is 4.66. The number of thioether (sulfide) groups is 2. The van der Waals surface area contributed by atoms with Gasteiger partial charge >= 0.3 is 11.9 Å². The van der Waals surface area contributed by atoms with Gasteiger partial charge in [-0.05, 0) is 36.9 Å². The highest BCUT2D eigenvalue weighted by Crippen LogP contribution is 2.13. The molecule has 0 fully saturated rings. The highest BCUT2D eigenvalue weighted by Gasteiger charge is 2.36. The first-order valence-electron chi connectivity index (χ1n) is 7.16. The molecule has 0 atom stereocenters. The molecule has 0 spiro atoms. The zero-order valence-electron chi connectivity index (χ0n) is 13.9. The molecule has 0 aliphatic heterocycles. The first-order chi connectivity index (χ1) is 10.6. The minimum Gasteiger partial charge on any atom is -0.423 e. The van der Waals surface area contributed by atoms with Crippen LogP contribution in [0.15, 0.2) is 0 Å². The van der Waals surface area contributed by atoms with Crippen molar-refractivity contribution in [2.45, 2.75) is 43.8 Å². The van der Waals surface area contributed by atoms with E-state index in [0.717, 1.165) is 0 Å². The number of hydrogen-bond donors (Lipinski definition) is 4. The highest BCUT2D eigenvalue weighted by molar-refractivity contribution is 7.98. The quantitative estimate of drug-likeness (QED) is 0.278. The van der Waals surface area contributed by atoms with Gasteiger partial charge in [0.1, 0.15) is 0 Å². The summed E-state index contributed by atoms with van der Waals surface area (Å²) in [6.45, 7) is 1.68. The third-order valence-corrected chi connectivity index (χ3v) is 4.23. The van der Waals surface area contributed by atoms with Crippen LogP contribution in [0.3, 0.4) is 0 Å². The Morgan fingerprint density at radius 2 is 1.26 bits per heavy atom. The SMILES string of the molecule is CCC(OC(=O)C(N)(N)CCSC)OC(=O)C(N)(N)CCSC. The van der Waals surface area contributed by atoms with Gasteiger partial charge in [0.15, 0.2) is 11.3 Å². The second kappa shape index (κ2) is 10.4. The Kier molecular flexibility index (Phi) is 10.1. The average Bonchev–Trinajstić information content (AvgIpc) is 2.49. The molecule has 0 aromatic heterocycles. The monoisotopic (exact) mass is 368 g/mol. The van der Waals surface area contributed by atoms with Crippen molar-refractivity contribution in [2.75, 3.05) is 24.0 Å². The van der Waals surface area contributed by atoms with E-state index in [9.17, 15) is 9.59 Å². The molecule has 0 saturated carbocycles. The summed E-state index contributed by atoms with van der Waals surface area (Å²) in [7, 11) is 0. The van der Waals surface area contributed by atoms with E-state index in [1.165, 1.54) is 23.5 Å². The fraction of sp³-hybridized carbons (Fsp3) is 0.846. The normalized spacial score (nSPS) is 12.3. The highest BCUT2D eigenvalue weighted by atomic mass is 32.2. The molecule has 0 unspecified atom stereocenters. The maximum atomic E-state index is 12.0. The van der Waals surface area contributed by atoms with Gasteiger partial charge in [0.2, 0.25) is 6.29 Å². The molecule has 0 aliphatic rings. The summed E-state index contributed by atoms with van der Waals surface area (Å²) in [4.78, 5) is 24.0. The van der Waals surface area contributed by atoms with Gasteiger partial charge in [-0.3, -0.25) is 0 Å². The van der Waals surface area contributed by atoms with Crippen molar-refractivity contribution < 1.29 is 19.1 Å². The minimum atomic E-state index is -1.63. The largest absolute Gasteiger partial charge is 0.423 e. The average molecular weight is 369 g/mol. The Morgan fingerprint density at radius 1 is 0.913 bits per heavy atom. The molecule has 0 amide bonds. The van der Waals surface area contributed by atoms with E-state index in [2.05, 4.69) is 0 Å². The maximum Gasteiger partial charge on any atom is 0.344 e. The Morgan fingerprint density at radius 3 is 1.52 bits per heavy atom. The molecule has 0 saturated heterocycles. The van der Waals surface area contributed by atoms with Crippen LogP contribution in [0.5, 0.6) is 0 Å². The van der Waals surface area contributed by atoms with Crippen LogP contribution in [-0.4, -0.2) is 53.6 Å². The maximum absolute atomic E-state index is 12.0. The van der Waals surface area contributed by atoms with E-state index in [1.807, 2.05) is 12.5 Å². The molecule has 0 bridgehead atoms. The van der Waals surface area contributed by atoms with Crippen molar-refractivity contribution in [2.24, 2.45) is 22.9 Å². The minimum absolute atomic E-state index is 0.231. The summed E-state index contributed by atoms with van der Waals surface area (Å²) < 4.78 is 10.1. The van der Waals surface area contributed by atoms with Crippen molar-refractivity contribution in [3.8, 4) is 0 Å². The summed E-state index contributed by atoms with van der Waals surface area (Å²) in [6.07, 6.45) is 3.32. The number of carbonyl (C=O) groups is 2. The van der Waals surface area contributed by atoms with Crippen molar-refractivity contribution in [3.05, 3.63) is 0 Å². The van der Waals surface area contributed by atoms with E-state index < -0.39 is 29.6 Å². The van der Waals surface area contributed by atoms with Crippen LogP contribution >= 0.6 is 23.5 Å². The van der Waals surface area contributed by atoms with Gasteiger partial charge in [0.05, 0.1) is 0 Å². The van der Waals surface area contributed by atoms with Gasteiger partial charge < -0.3 is 32.4 Å². The zero-order chi connectivity index (χ0) is 18.1.